The fraction of sp³-hybridized carbons (Fsp3) is 0.263. The van der Waals surface area contributed by atoms with Crippen LogP contribution >= 0.6 is 0 Å². The van der Waals surface area contributed by atoms with Gasteiger partial charge in [0, 0.05) is 13.0 Å². The van der Waals surface area contributed by atoms with Gasteiger partial charge in [0.25, 0.3) is 0 Å². The van der Waals surface area contributed by atoms with Gasteiger partial charge < -0.3 is 9.73 Å². The first-order valence-electron chi connectivity index (χ1n) is 7.86. The first-order valence-corrected chi connectivity index (χ1v) is 7.86. The van der Waals surface area contributed by atoms with Crippen LogP contribution in [0.1, 0.15) is 23.1 Å². The second-order valence-corrected chi connectivity index (χ2v) is 5.68. The molecule has 0 aliphatic rings. The molecule has 0 saturated carbocycles. The Hall–Kier alpha value is -2.62. The Morgan fingerprint density at radius 3 is 2.91 bits per heavy atom. The smallest absolute Gasteiger partial charge is 0.220 e. The van der Waals surface area contributed by atoms with Gasteiger partial charge in [-0.1, -0.05) is 30.3 Å². The van der Waals surface area contributed by atoms with E-state index in [0.29, 0.717) is 13.0 Å². The summed E-state index contributed by atoms with van der Waals surface area (Å²) in [6.07, 6.45) is 3.54. The fourth-order valence-corrected chi connectivity index (χ4v) is 2.63. The Balaban J connectivity index is 1.44. The highest BCUT2D eigenvalue weighted by molar-refractivity contribution is 5.76. The number of fused-ring (bicyclic) bond motifs is 1. The number of nitrogens with zero attached hydrogens (tertiary/aromatic N) is 1. The van der Waals surface area contributed by atoms with Crippen molar-refractivity contribution < 1.29 is 9.21 Å². The summed E-state index contributed by atoms with van der Waals surface area (Å²) in [4.78, 5) is 16.1. The average molecular weight is 308 g/mol. The molecule has 0 saturated heterocycles. The molecule has 3 aromatic rings. The van der Waals surface area contributed by atoms with Crippen LogP contribution in [0.3, 0.4) is 0 Å². The number of nitrogens with one attached hydrogen (secondary N) is 1. The lowest BCUT2D eigenvalue weighted by Gasteiger charge is -2.07. The first-order chi connectivity index (χ1) is 11.2. The number of rotatable bonds is 6. The van der Waals surface area contributed by atoms with Crippen LogP contribution in [0.25, 0.3) is 11.1 Å². The molecule has 1 N–H and O–H groups in total. The van der Waals surface area contributed by atoms with Crippen LogP contribution in [-0.2, 0) is 17.6 Å². The summed E-state index contributed by atoms with van der Waals surface area (Å²) in [5.41, 5.74) is 5.26. The number of hydrogen-bond acceptors (Lipinski definition) is 3. The van der Waals surface area contributed by atoms with E-state index >= 15 is 0 Å². The van der Waals surface area contributed by atoms with Crippen molar-refractivity contribution in [3.63, 3.8) is 0 Å². The minimum Gasteiger partial charge on any atom is -0.443 e. The second-order valence-electron chi connectivity index (χ2n) is 5.68. The summed E-state index contributed by atoms with van der Waals surface area (Å²) >= 11 is 0. The highest BCUT2D eigenvalue weighted by Gasteiger charge is 2.05. The maximum absolute atomic E-state index is 12.0. The Morgan fingerprint density at radius 1 is 1.17 bits per heavy atom. The largest absolute Gasteiger partial charge is 0.443 e. The predicted octanol–water partition coefficient (Wildman–Crippen LogP) is 3.43. The molecule has 3 rings (SSSR count). The van der Waals surface area contributed by atoms with E-state index in [1.54, 1.807) is 0 Å². The van der Waals surface area contributed by atoms with Crippen LogP contribution in [0.2, 0.25) is 0 Å². The molecule has 4 nitrogen and oxygen atoms in total. The highest BCUT2D eigenvalue weighted by Crippen LogP contribution is 2.14. The van der Waals surface area contributed by atoms with E-state index in [9.17, 15) is 4.79 Å². The van der Waals surface area contributed by atoms with E-state index in [1.165, 1.54) is 17.5 Å². The van der Waals surface area contributed by atoms with Gasteiger partial charge in [0.2, 0.25) is 5.91 Å². The van der Waals surface area contributed by atoms with Crippen molar-refractivity contribution in [2.45, 2.75) is 26.2 Å². The third kappa shape index (κ3) is 3.97. The van der Waals surface area contributed by atoms with Crippen molar-refractivity contribution in [3.8, 4) is 0 Å². The summed E-state index contributed by atoms with van der Waals surface area (Å²) in [7, 11) is 0. The maximum atomic E-state index is 12.0. The van der Waals surface area contributed by atoms with Gasteiger partial charge in [-0.05, 0) is 48.6 Å². The number of carbonyl (C=O) groups is 1. The molecule has 118 valence electrons. The molecule has 23 heavy (non-hydrogen) atoms. The SMILES string of the molecule is Cc1ccccc1CCC(=O)NCCc1ccc2ocnc2c1. The van der Waals surface area contributed by atoms with Crippen LogP contribution in [0.15, 0.2) is 53.3 Å². The van der Waals surface area contributed by atoms with Gasteiger partial charge in [-0.3, -0.25) is 4.79 Å². The summed E-state index contributed by atoms with van der Waals surface area (Å²) in [6, 6.07) is 14.1. The van der Waals surface area contributed by atoms with Crippen LogP contribution in [0.5, 0.6) is 0 Å². The standard InChI is InChI=1S/C19H20N2O2/c1-14-4-2-3-5-16(14)7-9-19(22)20-11-10-15-6-8-18-17(12-15)21-13-23-18/h2-6,8,12-13H,7,9-11H2,1H3,(H,20,22). The number of aryl methyl sites for hydroxylation is 2. The van der Waals surface area contributed by atoms with Gasteiger partial charge in [-0.25, -0.2) is 4.98 Å². The average Bonchev–Trinajstić information content (AvgIpc) is 3.02. The summed E-state index contributed by atoms with van der Waals surface area (Å²) in [5, 5.41) is 2.98. The zero-order chi connectivity index (χ0) is 16.1. The molecular weight excluding hydrogens is 288 g/mol. The van der Waals surface area contributed by atoms with Crippen molar-refractivity contribution in [2.24, 2.45) is 0 Å². The highest BCUT2D eigenvalue weighted by atomic mass is 16.3. The molecule has 0 aliphatic carbocycles. The molecule has 1 heterocycles. The minimum atomic E-state index is 0.0933. The Labute approximate surface area is 135 Å². The van der Waals surface area contributed by atoms with E-state index in [2.05, 4.69) is 29.4 Å². The van der Waals surface area contributed by atoms with Crippen molar-refractivity contribution in [3.05, 3.63) is 65.5 Å². The first kappa shape index (κ1) is 15.3. The molecule has 0 spiro atoms. The van der Waals surface area contributed by atoms with Crippen LogP contribution in [-0.4, -0.2) is 17.4 Å². The zero-order valence-corrected chi connectivity index (χ0v) is 13.2. The number of aromatic nitrogens is 1. The number of amides is 1. The molecule has 4 heteroatoms. The third-order valence-corrected chi connectivity index (χ3v) is 4.01. The van der Waals surface area contributed by atoms with Gasteiger partial charge in [0.15, 0.2) is 12.0 Å². The molecule has 0 unspecified atom stereocenters. The van der Waals surface area contributed by atoms with Gasteiger partial charge in [0.05, 0.1) is 0 Å². The molecule has 0 radical (unpaired) electrons. The van der Waals surface area contributed by atoms with Gasteiger partial charge in [0.1, 0.15) is 5.52 Å². The minimum absolute atomic E-state index is 0.0933. The van der Waals surface area contributed by atoms with Crippen molar-refractivity contribution in [2.75, 3.05) is 6.54 Å². The van der Waals surface area contributed by atoms with E-state index in [-0.39, 0.29) is 5.91 Å². The Morgan fingerprint density at radius 2 is 2.04 bits per heavy atom. The van der Waals surface area contributed by atoms with Crippen LogP contribution in [0, 0.1) is 6.92 Å². The van der Waals surface area contributed by atoms with Gasteiger partial charge in [-0.2, -0.15) is 0 Å². The van der Waals surface area contributed by atoms with E-state index in [4.69, 9.17) is 4.42 Å². The molecule has 0 atom stereocenters. The topological polar surface area (TPSA) is 55.1 Å². The van der Waals surface area contributed by atoms with Crippen molar-refractivity contribution >= 4 is 17.0 Å². The normalized spacial score (nSPS) is 10.8. The lowest BCUT2D eigenvalue weighted by molar-refractivity contribution is -0.121. The summed E-state index contributed by atoms with van der Waals surface area (Å²) in [5.74, 6) is 0.0933. The van der Waals surface area contributed by atoms with Gasteiger partial charge in [-0.15, -0.1) is 0 Å². The molecule has 2 aromatic carbocycles. The van der Waals surface area contributed by atoms with Crippen molar-refractivity contribution in [1.82, 2.24) is 10.3 Å². The Bertz CT molecular complexity index is 808. The molecule has 0 bridgehead atoms. The number of benzene rings is 2. The van der Waals surface area contributed by atoms with E-state index in [1.807, 2.05) is 30.3 Å². The number of carbonyl (C=O) groups excluding carboxylic acids is 1. The maximum Gasteiger partial charge on any atom is 0.220 e. The third-order valence-electron chi connectivity index (χ3n) is 4.01. The number of oxazole rings is 1. The lowest BCUT2D eigenvalue weighted by Crippen LogP contribution is -2.25. The lowest BCUT2D eigenvalue weighted by atomic mass is 10.0. The van der Waals surface area contributed by atoms with Crippen LogP contribution < -0.4 is 5.32 Å². The van der Waals surface area contributed by atoms with Gasteiger partial charge >= 0.3 is 0 Å². The molecule has 1 aromatic heterocycles. The predicted molar refractivity (Wildman–Crippen MR) is 90.2 cm³/mol. The monoisotopic (exact) mass is 308 g/mol. The molecular formula is C19H20N2O2. The number of hydrogen-bond donors (Lipinski definition) is 1. The summed E-state index contributed by atoms with van der Waals surface area (Å²) in [6.45, 7) is 2.71. The second kappa shape index (κ2) is 7.09. The molecule has 1 amide bonds. The fourth-order valence-electron chi connectivity index (χ4n) is 2.63. The zero-order valence-electron chi connectivity index (χ0n) is 13.2. The molecule has 0 fully saturated rings. The van der Waals surface area contributed by atoms with E-state index < -0.39 is 0 Å². The molecule has 0 aliphatic heterocycles. The quantitative estimate of drug-likeness (QED) is 0.759. The van der Waals surface area contributed by atoms with Crippen LogP contribution in [0.4, 0.5) is 0 Å². The Kier molecular flexibility index (Phi) is 4.71. The van der Waals surface area contributed by atoms with E-state index in [0.717, 1.165) is 29.5 Å². The summed E-state index contributed by atoms with van der Waals surface area (Å²) < 4.78 is 5.22. The van der Waals surface area contributed by atoms with Crippen molar-refractivity contribution in [1.29, 1.82) is 0 Å².